The number of amides is 1. The number of piperazine rings is 1. The Hall–Kier alpha value is -1.62. The summed E-state index contributed by atoms with van der Waals surface area (Å²) < 4.78 is 13.1. The van der Waals surface area contributed by atoms with Gasteiger partial charge in [0.15, 0.2) is 5.96 Å². The Kier molecular flexibility index (Phi) is 10.3. The van der Waals surface area contributed by atoms with Crippen molar-refractivity contribution in [1.29, 1.82) is 0 Å². The van der Waals surface area contributed by atoms with Gasteiger partial charge in [-0.2, -0.15) is 0 Å². The maximum atomic E-state index is 13.1. The van der Waals surface area contributed by atoms with Crippen LogP contribution in [-0.4, -0.2) is 87.1 Å². The van der Waals surface area contributed by atoms with E-state index in [1.807, 2.05) is 30.9 Å². The fourth-order valence-electron chi connectivity index (χ4n) is 4.05. The van der Waals surface area contributed by atoms with Gasteiger partial charge >= 0.3 is 0 Å². The minimum absolute atomic E-state index is 0. The molecule has 2 aliphatic rings. The second-order valence-corrected chi connectivity index (χ2v) is 8.37. The molecule has 0 spiro atoms. The van der Waals surface area contributed by atoms with Crippen LogP contribution in [0.25, 0.3) is 0 Å². The van der Waals surface area contributed by atoms with Crippen LogP contribution in [0.4, 0.5) is 10.1 Å². The van der Waals surface area contributed by atoms with Gasteiger partial charge in [-0.15, -0.1) is 24.0 Å². The SMILES string of the molecule is CN=C(NCCN1CCN(c2ccc(F)cc2)CC1)NC1CCN(C(=O)C(C)C)C1.I. The lowest BCUT2D eigenvalue weighted by atomic mass is 10.2. The number of nitrogens with one attached hydrogen (secondary N) is 2. The van der Waals surface area contributed by atoms with Crippen molar-refractivity contribution in [1.82, 2.24) is 20.4 Å². The average molecular weight is 546 g/mol. The Morgan fingerprint density at radius 1 is 1.16 bits per heavy atom. The van der Waals surface area contributed by atoms with E-state index in [1.165, 1.54) is 12.1 Å². The number of rotatable bonds is 6. The molecule has 2 aliphatic heterocycles. The quantitative estimate of drug-likeness (QED) is 0.325. The summed E-state index contributed by atoms with van der Waals surface area (Å²) in [4.78, 5) is 23.1. The molecule has 0 bridgehead atoms. The minimum Gasteiger partial charge on any atom is -0.369 e. The number of carbonyl (C=O) groups excluding carboxylic acids is 1. The van der Waals surface area contributed by atoms with E-state index in [2.05, 4.69) is 25.4 Å². The van der Waals surface area contributed by atoms with Gasteiger partial charge in [0.1, 0.15) is 5.82 Å². The van der Waals surface area contributed by atoms with Crippen LogP contribution in [0.1, 0.15) is 20.3 Å². The Morgan fingerprint density at radius 3 is 2.45 bits per heavy atom. The summed E-state index contributed by atoms with van der Waals surface area (Å²) in [5.74, 6) is 0.873. The highest BCUT2D eigenvalue weighted by Crippen LogP contribution is 2.16. The molecule has 0 aliphatic carbocycles. The molecule has 174 valence electrons. The first-order valence-corrected chi connectivity index (χ1v) is 10.9. The van der Waals surface area contributed by atoms with Gasteiger partial charge in [0.25, 0.3) is 0 Å². The smallest absolute Gasteiger partial charge is 0.225 e. The number of halogens is 2. The minimum atomic E-state index is -0.192. The summed E-state index contributed by atoms with van der Waals surface area (Å²) in [5.41, 5.74) is 1.08. The molecule has 1 aromatic rings. The molecule has 31 heavy (non-hydrogen) atoms. The van der Waals surface area contributed by atoms with Crippen LogP contribution in [0.5, 0.6) is 0 Å². The van der Waals surface area contributed by atoms with E-state index < -0.39 is 0 Å². The summed E-state index contributed by atoms with van der Waals surface area (Å²) in [6.45, 7) is 11.1. The summed E-state index contributed by atoms with van der Waals surface area (Å²) >= 11 is 0. The van der Waals surface area contributed by atoms with Crippen LogP contribution < -0.4 is 15.5 Å². The van der Waals surface area contributed by atoms with Gasteiger partial charge in [-0.05, 0) is 30.7 Å². The number of guanidine groups is 1. The second kappa shape index (κ2) is 12.4. The lowest BCUT2D eigenvalue weighted by Gasteiger charge is -2.36. The number of likely N-dealkylation sites (tertiary alicyclic amines) is 1. The Balaban J connectivity index is 0.00000341. The Bertz CT molecular complexity index is 721. The number of aliphatic imine (C=N–C) groups is 1. The molecule has 2 fully saturated rings. The highest BCUT2D eigenvalue weighted by atomic mass is 127. The van der Waals surface area contributed by atoms with E-state index >= 15 is 0 Å². The third-order valence-corrected chi connectivity index (χ3v) is 5.84. The molecule has 9 heteroatoms. The molecular weight excluding hydrogens is 510 g/mol. The van der Waals surface area contributed by atoms with Crippen LogP contribution >= 0.6 is 24.0 Å². The molecule has 7 nitrogen and oxygen atoms in total. The molecule has 1 unspecified atom stereocenters. The first-order valence-electron chi connectivity index (χ1n) is 10.9. The Morgan fingerprint density at radius 2 is 1.84 bits per heavy atom. The number of carbonyl (C=O) groups is 1. The van der Waals surface area contributed by atoms with Gasteiger partial charge in [-0.3, -0.25) is 14.7 Å². The molecule has 2 N–H and O–H groups in total. The normalized spacial score (nSPS) is 20.0. The number of anilines is 1. The second-order valence-electron chi connectivity index (χ2n) is 8.37. The molecule has 3 rings (SSSR count). The van der Waals surface area contributed by atoms with Crippen LogP contribution in [0, 0.1) is 11.7 Å². The standard InChI is InChI=1S/C22H35FN6O.HI/c1-17(2)21(30)29-10-8-19(16-29)26-22(24-3)25-9-11-27-12-14-28(15-13-27)20-6-4-18(23)5-7-20;/h4-7,17,19H,8-16H2,1-3H3,(H2,24,25,26);1H. The summed E-state index contributed by atoms with van der Waals surface area (Å²) in [6.07, 6.45) is 0.949. The van der Waals surface area contributed by atoms with Crippen molar-refractivity contribution in [3.8, 4) is 0 Å². The van der Waals surface area contributed by atoms with Gasteiger partial charge in [0.05, 0.1) is 0 Å². The van der Waals surface area contributed by atoms with Crippen LogP contribution in [0.2, 0.25) is 0 Å². The van der Waals surface area contributed by atoms with Crippen LogP contribution in [0.15, 0.2) is 29.3 Å². The van der Waals surface area contributed by atoms with E-state index in [0.717, 1.165) is 70.4 Å². The third kappa shape index (κ3) is 7.48. The van der Waals surface area contributed by atoms with Gasteiger partial charge < -0.3 is 20.4 Å². The largest absolute Gasteiger partial charge is 0.369 e. The topological polar surface area (TPSA) is 63.2 Å². The highest BCUT2D eigenvalue weighted by Gasteiger charge is 2.28. The monoisotopic (exact) mass is 546 g/mol. The van der Waals surface area contributed by atoms with Crippen molar-refractivity contribution < 1.29 is 9.18 Å². The zero-order valence-electron chi connectivity index (χ0n) is 18.8. The molecule has 0 saturated carbocycles. The maximum absolute atomic E-state index is 13.1. The zero-order chi connectivity index (χ0) is 21.5. The number of hydrogen-bond acceptors (Lipinski definition) is 4. The van der Waals surface area contributed by atoms with Gasteiger partial charge in [0, 0.05) is 77.1 Å². The molecule has 0 aromatic heterocycles. The third-order valence-electron chi connectivity index (χ3n) is 5.84. The number of benzene rings is 1. The molecule has 1 atom stereocenters. The van der Waals surface area contributed by atoms with Crippen molar-refractivity contribution in [3.63, 3.8) is 0 Å². The van der Waals surface area contributed by atoms with Crippen molar-refractivity contribution in [3.05, 3.63) is 30.1 Å². The Labute approximate surface area is 202 Å². The van der Waals surface area contributed by atoms with Crippen molar-refractivity contribution in [2.24, 2.45) is 10.9 Å². The lowest BCUT2D eigenvalue weighted by molar-refractivity contribution is -0.133. The van der Waals surface area contributed by atoms with E-state index in [0.29, 0.717) is 0 Å². The highest BCUT2D eigenvalue weighted by molar-refractivity contribution is 14.0. The maximum Gasteiger partial charge on any atom is 0.225 e. The van der Waals surface area contributed by atoms with Crippen LogP contribution in [0.3, 0.4) is 0 Å². The number of nitrogens with zero attached hydrogens (tertiary/aromatic N) is 4. The van der Waals surface area contributed by atoms with Gasteiger partial charge in [0.2, 0.25) is 5.91 Å². The van der Waals surface area contributed by atoms with E-state index in [1.54, 1.807) is 7.05 Å². The molecule has 0 radical (unpaired) electrons. The lowest BCUT2D eigenvalue weighted by Crippen LogP contribution is -2.50. The zero-order valence-corrected chi connectivity index (χ0v) is 21.1. The summed E-state index contributed by atoms with van der Waals surface area (Å²) in [6, 6.07) is 6.99. The predicted octanol–water partition coefficient (Wildman–Crippen LogP) is 1.99. The molecular formula is C22H36FIN6O. The molecule has 1 amide bonds. The summed E-state index contributed by atoms with van der Waals surface area (Å²) in [7, 11) is 1.78. The predicted molar refractivity (Wildman–Crippen MR) is 135 cm³/mol. The summed E-state index contributed by atoms with van der Waals surface area (Å²) in [5, 5.41) is 6.85. The fourth-order valence-corrected chi connectivity index (χ4v) is 4.05. The van der Waals surface area contributed by atoms with E-state index in [-0.39, 0.29) is 47.7 Å². The first-order chi connectivity index (χ1) is 14.5. The molecule has 2 heterocycles. The average Bonchev–Trinajstić information content (AvgIpc) is 3.22. The van der Waals surface area contributed by atoms with E-state index in [4.69, 9.17) is 0 Å². The first kappa shape index (κ1) is 25.6. The molecule has 1 aromatic carbocycles. The van der Waals surface area contributed by atoms with E-state index in [9.17, 15) is 9.18 Å². The number of hydrogen-bond donors (Lipinski definition) is 2. The van der Waals surface area contributed by atoms with Crippen molar-refractivity contribution >= 4 is 41.5 Å². The van der Waals surface area contributed by atoms with Crippen molar-refractivity contribution in [2.75, 3.05) is 64.3 Å². The van der Waals surface area contributed by atoms with Gasteiger partial charge in [-0.1, -0.05) is 13.8 Å². The van der Waals surface area contributed by atoms with Crippen molar-refractivity contribution in [2.45, 2.75) is 26.3 Å². The van der Waals surface area contributed by atoms with Gasteiger partial charge in [-0.25, -0.2) is 4.39 Å². The van der Waals surface area contributed by atoms with Crippen LogP contribution in [-0.2, 0) is 4.79 Å². The molecule has 2 saturated heterocycles. The fraction of sp³-hybridized carbons (Fsp3) is 0.636.